The van der Waals surface area contributed by atoms with Gasteiger partial charge in [-0.25, -0.2) is 0 Å². The monoisotopic (exact) mass is 1550 g/mol. The molecule has 0 heteroatoms. The number of hydrogen-bond donors (Lipinski definition) is 0. The van der Waals surface area contributed by atoms with Gasteiger partial charge in [0.2, 0.25) is 0 Å². The summed E-state index contributed by atoms with van der Waals surface area (Å²) in [5.41, 5.74) is 30.9. The van der Waals surface area contributed by atoms with Crippen molar-refractivity contribution in [1.29, 1.82) is 0 Å². The van der Waals surface area contributed by atoms with Gasteiger partial charge in [0.1, 0.15) is 0 Å². The molecule has 570 valence electrons. The minimum atomic E-state index is -0.146. The molecule has 0 aromatic heterocycles. The van der Waals surface area contributed by atoms with E-state index in [-0.39, 0.29) is 10.8 Å². The summed E-state index contributed by atoms with van der Waals surface area (Å²) >= 11 is 0. The van der Waals surface area contributed by atoms with Gasteiger partial charge < -0.3 is 0 Å². The van der Waals surface area contributed by atoms with Crippen molar-refractivity contribution in [3.63, 3.8) is 0 Å². The lowest BCUT2D eigenvalue weighted by atomic mass is 9.79. The largest absolute Gasteiger partial charge is 0.0616 e. The van der Waals surface area contributed by atoms with E-state index in [0.29, 0.717) is 0 Å². The highest BCUT2D eigenvalue weighted by Gasteiger charge is 2.42. The summed E-state index contributed by atoms with van der Waals surface area (Å²) in [5, 5.41) is 28.4. The van der Waals surface area contributed by atoms with Crippen LogP contribution >= 0.6 is 0 Å². The molecular formula is C122H82. The van der Waals surface area contributed by atoms with Gasteiger partial charge in [0.25, 0.3) is 0 Å². The molecule has 0 atom stereocenters. The minimum absolute atomic E-state index is 0.138. The van der Waals surface area contributed by atoms with Crippen molar-refractivity contribution >= 4 is 118 Å². The zero-order valence-corrected chi connectivity index (χ0v) is 68.4. The molecule has 23 aromatic carbocycles. The van der Waals surface area contributed by atoms with Crippen molar-refractivity contribution in [2.75, 3.05) is 0 Å². The molecule has 23 aromatic rings. The number of rotatable bonds is 8. The van der Waals surface area contributed by atoms with Crippen LogP contribution in [0.15, 0.2) is 425 Å². The lowest BCUT2D eigenvalue weighted by Gasteiger charge is -2.24. The van der Waals surface area contributed by atoms with Crippen molar-refractivity contribution < 1.29 is 0 Å². The zero-order chi connectivity index (χ0) is 81.1. The molecule has 0 radical (unpaired) electrons. The Labute approximate surface area is 710 Å². The predicted molar refractivity (Wildman–Crippen MR) is 524 cm³/mol. The van der Waals surface area contributed by atoms with Gasteiger partial charge in [0.05, 0.1) is 0 Å². The molecule has 25 rings (SSSR count). The van der Waals surface area contributed by atoms with Crippen molar-refractivity contribution in [1.82, 2.24) is 0 Å². The summed E-state index contributed by atoms with van der Waals surface area (Å²) in [6, 6.07) is 158. The minimum Gasteiger partial charge on any atom is -0.0616 e. The van der Waals surface area contributed by atoms with Crippen LogP contribution in [0.3, 0.4) is 0 Å². The normalized spacial score (nSPS) is 13.0. The second kappa shape index (κ2) is 27.8. The molecule has 0 amide bonds. The first-order valence-corrected chi connectivity index (χ1v) is 42.9. The fourth-order valence-electron chi connectivity index (χ4n) is 22.0. The van der Waals surface area contributed by atoms with E-state index in [4.69, 9.17) is 0 Å². The standard InChI is InChI=1S/C63H42.C59H40/c1-63(2)57-32-16-31-45(60(57)61-50-25-9-7-22-47(50)48-23-8-14-30-55(48)62(61)63)39-33-35-40(36-34-39)58-51-26-10-12-28-53(51)59(54-29-13-11-27-52(54)58)43-19-15-18-41(37-43)56-38-42-17-3-4-20-44(42)46-21-5-6-24-49(46)56;1-59(2)53-25-13-24-44(56(53)57-47-18-7-5-16-45(47)46-17-6-12-23-52(46)58(57)59)39-29-33-41(34-30-39)55-50-21-10-8-19-48(50)54(49-20-9-11-22-51(49)55)40-31-26-38(27-32-40)43-35-28-37-14-3-4-15-42(37)36-43/h3-38H,1-2H3;3-36H,1-2H3. The Kier molecular flexibility index (Phi) is 16.2. The molecule has 0 saturated carbocycles. The fraction of sp³-hybridized carbons (Fsp3) is 0.0492. The quantitative estimate of drug-likeness (QED) is 0.105. The van der Waals surface area contributed by atoms with Crippen LogP contribution in [0.25, 0.3) is 230 Å². The molecule has 0 spiro atoms. The molecule has 0 bridgehead atoms. The number of fused-ring (bicyclic) bond motifs is 24. The van der Waals surface area contributed by atoms with E-state index in [0.717, 1.165) is 0 Å². The van der Waals surface area contributed by atoms with E-state index in [9.17, 15) is 0 Å². The van der Waals surface area contributed by atoms with Gasteiger partial charge in [-0.3, -0.25) is 0 Å². The predicted octanol–water partition coefficient (Wildman–Crippen LogP) is 34.0. The van der Waals surface area contributed by atoms with E-state index in [1.165, 1.54) is 252 Å². The summed E-state index contributed by atoms with van der Waals surface area (Å²) < 4.78 is 0. The summed E-state index contributed by atoms with van der Waals surface area (Å²) in [5.74, 6) is 0. The van der Waals surface area contributed by atoms with Crippen molar-refractivity contribution in [2.45, 2.75) is 38.5 Å². The second-order valence-electron chi connectivity index (χ2n) is 34.6. The fourth-order valence-corrected chi connectivity index (χ4v) is 22.0. The summed E-state index contributed by atoms with van der Waals surface area (Å²) in [4.78, 5) is 0. The number of hydrogen-bond acceptors (Lipinski definition) is 0. The Hall–Kier alpha value is -15.1. The van der Waals surface area contributed by atoms with Crippen molar-refractivity contribution in [3.05, 3.63) is 447 Å². The van der Waals surface area contributed by atoms with Crippen molar-refractivity contribution in [2.24, 2.45) is 0 Å². The lowest BCUT2D eigenvalue weighted by Crippen LogP contribution is -2.15. The highest BCUT2D eigenvalue weighted by Crippen LogP contribution is 2.60. The molecular weight excluding hydrogens is 1470 g/mol. The Morgan fingerprint density at radius 1 is 0.131 bits per heavy atom. The molecule has 0 saturated heterocycles. The Bertz CT molecular complexity index is 8220. The first kappa shape index (κ1) is 71.1. The zero-order valence-electron chi connectivity index (χ0n) is 68.4. The number of benzene rings is 23. The van der Waals surface area contributed by atoms with E-state index >= 15 is 0 Å². The molecule has 0 N–H and O–H groups in total. The molecule has 2 aliphatic rings. The van der Waals surface area contributed by atoms with E-state index in [1.54, 1.807) is 0 Å². The SMILES string of the molecule is CC1(C)c2cccc(-c3ccc(-c4c5ccccc5c(-c5ccc(-c6ccc7ccccc7c6)cc5)c5ccccc45)cc3)c2-c2c1c1ccccc1c1ccccc21.CC1(C)c2cccc(-c3ccc(-c4c5ccccc5c(-c5cccc(-c6cc7ccccc7c7ccccc67)c5)c5ccccc45)cc3)c2-c2c1c1ccccc1c1ccccc21. The topological polar surface area (TPSA) is 0 Å². The second-order valence-corrected chi connectivity index (χ2v) is 34.6. The Morgan fingerprint density at radius 3 is 0.820 bits per heavy atom. The molecule has 122 heavy (non-hydrogen) atoms. The van der Waals surface area contributed by atoms with Gasteiger partial charge in [-0.15, -0.1) is 0 Å². The highest BCUT2D eigenvalue weighted by atomic mass is 14.4. The van der Waals surface area contributed by atoms with E-state index < -0.39 is 0 Å². The van der Waals surface area contributed by atoms with Crippen LogP contribution in [0, 0.1) is 0 Å². The van der Waals surface area contributed by atoms with Gasteiger partial charge in [0.15, 0.2) is 0 Å². The van der Waals surface area contributed by atoms with Gasteiger partial charge >= 0.3 is 0 Å². The maximum Gasteiger partial charge on any atom is 0.0165 e. The lowest BCUT2D eigenvalue weighted by molar-refractivity contribution is 0.666. The molecule has 0 heterocycles. The van der Waals surface area contributed by atoms with Crippen LogP contribution in [-0.2, 0) is 10.8 Å². The van der Waals surface area contributed by atoms with Crippen LogP contribution < -0.4 is 0 Å². The van der Waals surface area contributed by atoms with Crippen LogP contribution in [0.1, 0.15) is 49.9 Å². The first-order chi connectivity index (χ1) is 60.1. The van der Waals surface area contributed by atoms with Gasteiger partial charge in [0, 0.05) is 10.8 Å². The Balaban J connectivity index is 0.000000138. The third-order valence-electron chi connectivity index (χ3n) is 27.4. The van der Waals surface area contributed by atoms with Crippen LogP contribution in [-0.4, -0.2) is 0 Å². The summed E-state index contributed by atoms with van der Waals surface area (Å²) in [6.45, 7) is 9.64. The van der Waals surface area contributed by atoms with E-state index in [2.05, 4.69) is 452 Å². The van der Waals surface area contributed by atoms with Gasteiger partial charge in [-0.1, -0.05) is 434 Å². The molecule has 0 unspecified atom stereocenters. The van der Waals surface area contributed by atoms with Crippen LogP contribution in [0.2, 0.25) is 0 Å². The summed E-state index contributed by atoms with van der Waals surface area (Å²) in [6.07, 6.45) is 0. The molecule has 0 aliphatic heterocycles. The van der Waals surface area contributed by atoms with Gasteiger partial charge in [-0.2, -0.15) is 0 Å². The molecule has 0 fully saturated rings. The highest BCUT2D eigenvalue weighted by molar-refractivity contribution is 6.26. The van der Waals surface area contributed by atoms with Crippen LogP contribution in [0.4, 0.5) is 0 Å². The first-order valence-electron chi connectivity index (χ1n) is 42.9. The molecule has 0 nitrogen and oxygen atoms in total. The maximum absolute atomic E-state index is 2.41. The third-order valence-corrected chi connectivity index (χ3v) is 27.4. The average molecular weight is 1550 g/mol. The third kappa shape index (κ3) is 10.9. The van der Waals surface area contributed by atoms with Crippen LogP contribution in [0.5, 0.6) is 0 Å². The molecule has 2 aliphatic carbocycles. The average Bonchev–Trinajstić information content (AvgIpc) is 1.52. The summed E-state index contributed by atoms with van der Waals surface area (Å²) in [7, 11) is 0. The van der Waals surface area contributed by atoms with Gasteiger partial charge in [-0.05, 0) is 270 Å². The van der Waals surface area contributed by atoms with E-state index in [1.807, 2.05) is 0 Å². The van der Waals surface area contributed by atoms with Crippen molar-refractivity contribution in [3.8, 4) is 111 Å². The maximum atomic E-state index is 2.41. The smallest absolute Gasteiger partial charge is 0.0165 e. The Morgan fingerprint density at radius 2 is 0.410 bits per heavy atom.